The molecule has 12 aromatic heterocycles. The van der Waals surface area contributed by atoms with Gasteiger partial charge in [-0.3, -0.25) is 43.6 Å². The van der Waals surface area contributed by atoms with Gasteiger partial charge in [0.05, 0.1) is 199 Å². The molecule has 2 saturated heterocycles. The molecule has 29 heteroatoms. The van der Waals surface area contributed by atoms with Gasteiger partial charge >= 0.3 is 0 Å². The zero-order valence-corrected chi connectivity index (χ0v) is 78.3. The van der Waals surface area contributed by atoms with Crippen molar-refractivity contribution in [3.8, 4) is 125 Å². The van der Waals surface area contributed by atoms with E-state index in [1.165, 1.54) is 42.7 Å². The number of likely N-dealkylation sites (tertiary alicyclic amines) is 1. The highest BCUT2D eigenvalue weighted by Gasteiger charge is 2.44. The Balaban J connectivity index is 0.000000114. The Morgan fingerprint density at radius 3 is 1.07 bits per heavy atom. The number of benzene rings is 4. The van der Waals surface area contributed by atoms with E-state index in [1.54, 1.807) is 18.6 Å². The van der Waals surface area contributed by atoms with E-state index in [2.05, 4.69) is 219 Å². The van der Waals surface area contributed by atoms with Crippen LogP contribution in [0.5, 0.6) is 0 Å². The second-order valence-corrected chi connectivity index (χ2v) is 38.2. The number of fused-ring (bicyclic) bond motifs is 4. The Bertz CT molecular complexity index is 7460. The first-order valence-electron chi connectivity index (χ1n) is 48.6. The van der Waals surface area contributed by atoms with Crippen molar-refractivity contribution in [1.29, 1.82) is 31.6 Å². The van der Waals surface area contributed by atoms with E-state index < -0.39 is 5.41 Å². The van der Waals surface area contributed by atoms with Crippen LogP contribution >= 0.6 is 0 Å². The zero-order valence-electron chi connectivity index (χ0n) is 78.3. The molecule has 14 heterocycles. The molecule has 0 amide bonds. The molecule has 3 atom stereocenters. The minimum Gasteiger partial charge on any atom is -0.379 e. The van der Waals surface area contributed by atoms with Crippen LogP contribution in [0.4, 0.5) is 0 Å². The summed E-state index contributed by atoms with van der Waals surface area (Å²) in [6, 6.07) is 48.4. The highest BCUT2D eigenvalue weighted by molar-refractivity contribution is 5.92. The number of rotatable bonds is 22. The quantitative estimate of drug-likeness (QED) is 0.0608. The predicted molar refractivity (Wildman–Crippen MR) is 531 cm³/mol. The van der Waals surface area contributed by atoms with Crippen LogP contribution in [0.15, 0.2) is 239 Å². The first kappa shape index (κ1) is 91.0. The molecule has 0 radical (unpaired) electrons. The lowest BCUT2D eigenvalue weighted by Gasteiger charge is -2.26. The standard InChI is InChI=1S/C28H29N7O.C28H29N7.2C27H25N7/c29-17-21-1-3-24(4-2-21)27-28-26(19-32-35(28)10-9-30-27)23-7-5-22(6-8-23)25-18-31-34(20-25)12-11-33-13-15-36-16-14-33;29-17-21-3-5-24(6-4-21)27-28-26(19-32-35(28)14-11-30-27)23-9-7-22(8-10-23)25-18-31-34(20-25)16-15-33-12-1-2-13-33;28-13-19-1-3-22(4-2-19)25-26-24(15-32-34(26)12-11-30-25)21-7-5-20(6-8-21)23-14-31-33(16-23)18-27(17-29)9-10-27;1-27(2,17-29)18-33-16-23(14-31-33)20-7-9-21(10-8-20)24-15-32-34-12-11-30-25(26(24)34)22-5-3-19(13-28)4-6-22/h3,5-10,18-21H,1-2,4,11-16H2;5,7-11,14,18-21H,1-4,6,12-13,15-16H2;5-8,11-12,14-16,19,22H,1-4,9-10,18H2;5,7-12,14-16,19H,3-4,6,18H2,1-2H3. The molecule has 139 heavy (non-hydrogen) atoms. The Morgan fingerprint density at radius 1 is 0.360 bits per heavy atom. The maximum absolute atomic E-state index is 9.35. The van der Waals surface area contributed by atoms with Crippen LogP contribution in [0.3, 0.4) is 0 Å². The molecule has 0 bridgehead atoms. The summed E-state index contributed by atoms with van der Waals surface area (Å²) >= 11 is 0. The number of hydrogen-bond acceptors (Lipinski definition) is 21. The monoisotopic (exact) mass is 1840 g/mol. The summed E-state index contributed by atoms with van der Waals surface area (Å²) in [5.41, 5.74) is 28.4. The van der Waals surface area contributed by atoms with Crippen molar-refractivity contribution in [2.45, 2.75) is 155 Å². The van der Waals surface area contributed by atoms with Gasteiger partial charge in [-0.05, 0) is 197 Å². The van der Waals surface area contributed by atoms with Crippen LogP contribution in [-0.2, 0) is 30.9 Å². The summed E-state index contributed by atoms with van der Waals surface area (Å²) in [5.74, 6) is 0.842. The average molecular weight is 1840 g/mol. The molecule has 29 nitrogen and oxygen atoms in total. The van der Waals surface area contributed by atoms with E-state index in [9.17, 15) is 31.6 Å². The zero-order chi connectivity index (χ0) is 94.8. The molecule has 2 saturated carbocycles. The van der Waals surface area contributed by atoms with Crippen molar-refractivity contribution in [3.63, 3.8) is 0 Å². The van der Waals surface area contributed by atoms with Gasteiger partial charge in [0.15, 0.2) is 0 Å². The van der Waals surface area contributed by atoms with Crippen molar-refractivity contribution < 1.29 is 4.74 Å². The molecule has 3 unspecified atom stereocenters. The van der Waals surface area contributed by atoms with Crippen LogP contribution in [0.1, 0.15) is 152 Å². The Labute approximate surface area is 807 Å². The summed E-state index contributed by atoms with van der Waals surface area (Å²) in [5, 5.41) is 92.0. The van der Waals surface area contributed by atoms with Crippen molar-refractivity contribution >= 4 is 38.8 Å². The van der Waals surface area contributed by atoms with Crippen molar-refractivity contribution in [2.75, 3.05) is 52.5 Å². The molecular formula is C110H108N28O. The van der Waals surface area contributed by atoms with Gasteiger partial charge < -0.3 is 9.64 Å². The minimum atomic E-state index is -0.467. The van der Waals surface area contributed by atoms with Crippen LogP contribution in [0, 0.1) is 102 Å². The number of aromatic nitrogens is 20. The molecule has 23 rings (SSSR count). The second-order valence-electron chi connectivity index (χ2n) is 38.2. The van der Waals surface area contributed by atoms with Crippen LogP contribution in [0.2, 0.25) is 0 Å². The van der Waals surface area contributed by atoms with Gasteiger partial charge in [-0.15, -0.1) is 0 Å². The molecule has 694 valence electrons. The van der Waals surface area contributed by atoms with Gasteiger partial charge in [0.25, 0.3) is 0 Å². The lowest BCUT2D eigenvalue weighted by Crippen LogP contribution is -2.38. The highest BCUT2D eigenvalue weighted by atomic mass is 16.5. The van der Waals surface area contributed by atoms with E-state index in [1.807, 2.05) is 139 Å². The second kappa shape index (κ2) is 41.0. The smallest absolute Gasteiger partial charge is 0.0999 e. The molecule has 4 aromatic carbocycles. The third-order valence-electron chi connectivity index (χ3n) is 28.4. The van der Waals surface area contributed by atoms with E-state index >= 15 is 0 Å². The lowest BCUT2D eigenvalue weighted by molar-refractivity contribution is 0.0360. The number of nitriles is 6. The maximum Gasteiger partial charge on any atom is 0.0999 e. The summed E-state index contributed by atoms with van der Waals surface area (Å²) in [7, 11) is 0. The van der Waals surface area contributed by atoms with E-state index in [4.69, 9.17) is 24.7 Å². The van der Waals surface area contributed by atoms with Gasteiger partial charge in [0.2, 0.25) is 0 Å². The first-order valence-corrected chi connectivity index (χ1v) is 48.6. The average Bonchev–Trinajstić information content (AvgIpc) is 1.65. The molecule has 0 spiro atoms. The predicted octanol–water partition coefficient (Wildman–Crippen LogP) is 20.2. The van der Waals surface area contributed by atoms with E-state index in [0.29, 0.717) is 19.0 Å². The fourth-order valence-corrected chi connectivity index (χ4v) is 20.0. The van der Waals surface area contributed by atoms with Gasteiger partial charge in [0.1, 0.15) is 0 Å². The normalized spacial score (nSPS) is 18.6. The Kier molecular flexibility index (Phi) is 26.9. The molecular weight excluding hydrogens is 1730 g/mol. The maximum atomic E-state index is 9.35. The van der Waals surface area contributed by atoms with Gasteiger partial charge in [-0.25, -0.2) is 18.1 Å². The molecule has 7 aliphatic rings. The van der Waals surface area contributed by atoms with Gasteiger partial charge in [0, 0.05) is 157 Å². The Morgan fingerprint density at radius 2 is 0.705 bits per heavy atom. The SMILES string of the molecule is CC(C)(C#N)Cn1cc(-c2ccc(-c3cnn4ccnc(C5=CCC(C#N)CC5)c34)cc2)cn1.N#CC1CC=C(c2nccn3ncc(-c4ccc(-c5cnn(CCN6CCCC6)c5)cc4)c23)CC1.N#CC1CC=C(c2nccn3ncc(-c4ccc(-c5cnn(CCN6CCOCC6)c5)cc4)c23)CC1.N#CC1CCC(c2nccn3ncc(-c4ccc(-c5cnn(CC6(C#N)CC6)c5)cc4)c23)CC1. The summed E-state index contributed by atoms with van der Waals surface area (Å²) in [6.07, 6.45) is 60.8. The van der Waals surface area contributed by atoms with Crippen molar-refractivity contribution in [1.82, 2.24) is 107 Å². The largest absolute Gasteiger partial charge is 0.379 e. The number of nitrogens with zero attached hydrogens (tertiary/aromatic N) is 28. The molecule has 0 N–H and O–H groups in total. The fraction of sp³-hybridized carbons (Fsp3) is 0.345. The third kappa shape index (κ3) is 20.4. The summed E-state index contributed by atoms with van der Waals surface area (Å²) in [6.45, 7) is 15.0. The number of allylic oxidation sites excluding steroid dienone is 6. The van der Waals surface area contributed by atoms with Crippen molar-refractivity contribution in [3.05, 3.63) is 262 Å². The molecule has 16 aromatic rings. The lowest BCUT2D eigenvalue weighted by atomic mass is 9.80. The van der Waals surface area contributed by atoms with Crippen LogP contribution in [-0.4, -0.2) is 160 Å². The number of ether oxygens (including phenoxy) is 1. The minimum absolute atomic E-state index is 0.0933. The highest BCUT2D eigenvalue weighted by Crippen LogP contribution is 2.47. The van der Waals surface area contributed by atoms with Crippen molar-refractivity contribution in [2.24, 2.45) is 34.5 Å². The van der Waals surface area contributed by atoms with Crippen LogP contribution in [0.25, 0.3) is 128 Å². The van der Waals surface area contributed by atoms with E-state index in [0.717, 1.165) is 283 Å². The van der Waals surface area contributed by atoms with Gasteiger partial charge in [-0.2, -0.15) is 72.4 Å². The topological polar surface area (TPSA) is 350 Å². The first-order chi connectivity index (χ1) is 68.2. The van der Waals surface area contributed by atoms with E-state index in [-0.39, 0.29) is 29.1 Å². The third-order valence-corrected chi connectivity index (χ3v) is 28.4. The van der Waals surface area contributed by atoms with Gasteiger partial charge in [-0.1, -0.05) is 115 Å². The summed E-state index contributed by atoms with van der Waals surface area (Å²) in [4.78, 5) is 23.9. The van der Waals surface area contributed by atoms with Crippen LogP contribution < -0.4 is 0 Å². The molecule has 4 fully saturated rings. The molecule has 5 aliphatic carbocycles. The fourth-order valence-electron chi connectivity index (χ4n) is 20.0. The Hall–Kier alpha value is -15.8. The number of hydrogen-bond donors (Lipinski definition) is 0. The summed E-state index contributed by atoms with van der Waals surface area (Å²) < 4.78 is 20.8. The molecule has 2 aliphatic heterocycles. The number of morpholine rings is 1.